The summed E-state index contributed by atoms with van der Waals surface area (Å²) in [7, 11) is 0. The van der Waals surface area contributed by atoms with Gasteiger partial charge < -0.3 is 57.8 Å². The zero-order valence-corrected chi connectivity index (χ0v) is 47.4. The van der Waals surface area contributed by atoms with E-state index in [9.17, 15) is 19.2 Å². The molecule has 0 bridgehead atoms. The first kappa shape index (κ1) is 61.2. The van der Waals surface area contributed by atoms with E-state index in [1.54, 1.807) is 63.2 Å². The van der Waals surface area contributed by atoms with E-state index in [1.807, 2.05) is 37.3 Å². The minimum Gasteiger partial charge on any atom is -0.462 e. The summed E-state index contributed by atoms with van der Waals surface area (Å²) < 4.78 is 19.8. The smallest absolute Gasteiger partial charge is 0.338 e. The number of anilines is 7. The van der Waals surface area contributed by atoms with Crippen molar-refractivity contribution < 1.29 is 38.1 Å². The Morgan fingerprint density at radius 1 is 0.455 bits per heavy atom. The van der Waals surface area contributed by atoms with Gasteiger partial charge in [-0.25, -0.2) is 19.2 Å². The summed E-state index contributed by atoms with van der Waals surface area (Å²) in [4.78, 5) is 46.4. The molecule has 0 aromatic heterocycles. The Kier molecular flexibility index (Phi) is 24.1. The number of esters is 4. The van der Waals surface area contributed by atoms with Crippen LogP contribution in [0.5, 0.6) is 0 Å². The highest BCUT2D eigenvalue weighted by Crippen LogP contribution is 2.41. The molecule has 0 saturated heterocycles. The SMILES string of the molecule is CCOC(=O)c1ccc(CC2CCC(C(C)(C)C)CC2)c(N)c1.CCOC(=O)c1ccc(NC2CC2)c(N)c1.CCOC(=O)c1ccc(NC2CCC(C)CC2)c(N)c1.CCOC(=O)c1ccc(NC2CCCC2)c(N)c1. The van der Waals surface area contributed by atoms with Gasteiger partial charge in [0, 0.05) is 23.8 Å². The number of nitrogen functional groups attached to an aromatic ring is 4. The molecule has 15 nitrogen and oxygen atoms in total. The molecule has 4 aromatic rings. The average Bonchev–Trinajstić information content (AvgIpc) is 4.08. The van der Waals surface area contributed by atoms with Crippen LogP contribution >= 0.6 is 0 Å². The second kappa shape index (κ2) is 30.3. The number of carbonyl (C=O) groups is 4. The van der Waals surface area contributed by atoms with Crippen molar-refractivity contribution in [3.05, 3.63) is 101 Å². The first-order valence-electron chi connectivity index (χ1n) is 28.4. The number of benzene rings is 4. The van der Waals surface area contributed by atoms with Gasteiger partial charge in [0.1, 0.15) is 0 Å². The summed E-state index contributed by atoms with van der Waals surface area (Å²) in [5, 5.41) is 10.2. The summed E-state index contributed by atoms with van der Waals surface area (Å²) in [5.41, 5.74) is 32.9. The molecule has 422 valence electrons. The number of hydrogen-bond acceptors (Lipinski definition) is 15. The Balaban J connectivity index is 0.000000191. The van der Waals surface area contributed by atoms with Crippen molar-refractivity contribution in [1.82, 2.24) is 0 Å². The fourth-order valence-corrected chi connectivity index (χ4v) is 10.1. The zero-order valence-electron chi connectivity index (χ0n) is 47.4. The normalized spacial score (nSPS) is 19.0. The molecule has 77 heavy (non-hydrogen) atoms. The van der Waals surface area contributed by atoms with Crippen molar-refractivity contribution in [3.8, 4) is 0 Å². The largest absolute Gasteiger partial charge is 0.462 e. The van der Waals surface area contributed by atoms with E-state index >= 15 is 0 Å². The van der Waals surface area contributed by atoms with Crippen LogP contribution in [0.15, 0.2) is 72.8 Å². The highest BCUT2D eigenvalue weighted by molar-refractivity contribution is 5.93. The molecular formula is C62H91N7O8. The molecule has 15 heteroatoms. The third-order valence-corrected chi connectivity index (χ3v) is 15.0. The predicted octanol–water partition coefficient (Wildman–Crippen LogP) is 13.1. The highest BCUT2D eigenvalue weighted by atomic mass is 16.5. The molecule has 4 aromatic carbocycles. The number of hydrogen-bond donors (Lipinski definition) is 7. The van der Waals surface area contributed by atoms with Gasteiger partial charge in [-0.1, -0.05) is 46.6 Å². The maximum absolute atomic E-state index is 11.8. The lowest BCUT2D eigenvalue weighted by Gasteiger charge is -2.37. The Labute approximate surface area is 459 Å². The molecule has 0 heterocycles. The lowest BCUT2D eigenvalue weighted by Crippen LogP contribution is -2.26. The third kappa shape index (κ3) is 20.0. The minimum absolute atomic E-state index is 0.295. The van der Waals surface area contributed by atoms with E-state index in [1.165, 1.54) is 89.9 Å². The van der Waals surface area contributed by atoms with Crippen molar-refractivity contribution in [3.63, 3.8) is 0 Å². The molecular weight excluding hydrogens is 971 g/mol. The van der Waals surface area contributed by atoms with Crippen LogP contribution in [0.25, 0.3) is 0 Å². The lowest BCUT2D eigenvalue weighted by atomic mass is 9.69. The van der Waals surface area contributed by atoms with Crippen LogP contribution in [-0.4, -0.2) is 68.4 Å². The van der Waals surface area contributed by atoms with Crippen LogP contribution in [0.3, 0.4) is 0 Å². The van der Waals surface area contributed by atoms with Crippen molar-refractivity contribution in [1.29, 1.82) is 0 Å². The van der Waals surface area contributed by atoms with Crippen LogP contribution in [0.4, 0.5) is 39.8 Å². The monoisotopic (exact) mass is 1060 g/mol. The predicted molar refractivity (Wildman–Crippen MR) is 313 cm³/mol. The Hall–Kier alpha value is -6.64. The van der Waals surface area contributed by atoms with Crippen LogP contribution in [-0.2, 0) is 25.4 Å². The highest BCUT2D eigenvalue weighted by Gasteiger charge is 2.30. The van der Waals surface area contributed by atoms with Crippen molar-refractivity contribution in [2.24, 2.45) is 23.2 Å². The number of nitrogens with one attached hydrogen (secondary N) is 3. The van der Waals surface area contributed by atoms with Crippen molar-refractivity contribution in [2.45, 2.75) is 170 Å². The summed E-state index contributed by atoms with van der Waals surface area (Å²) in [6.07, 6.45) is 18.4. The van der Waals surface area contributed by atoms with E-state index in [2.05, 4.69) is 43.6 Å². The molecule has 11 N–H and O–H groups in total. The van der Waals surface area contributed by atoms with Gasteiger partial charge in [0.2, 0.25) is 0 Å². The quantitative estimate of drug-likeness (QED) is 0.0313. The summed E-state index contributed by atoms with van der Waals surface area (Å²) in [6, 6.07) is 23.0. The van der Waals surface area contributed by atoms with E-state index in [0.29, 0.717) is 101 Å². The Morgan fingerprint density at radius 3 is 1.09 bits per heavy atom. The molecule has 0 spiro atoms. The van der Waals surface area contributed by atoms with E-state index in [0.717, 1.165) is 40.9 Å². The topological polar surface area (TPSA) is 245 Å². The van der Waals surface area contributed by atoms with Crippen molar-refractivity contribution in [2.75, 3.05) is 65.3 Å². The maximum Gasteiger partial charge on any atom is 0.338 e. The van der Waals surface area contributed by atoms with Gasteiger partial charge >= 0.3 is 23.9 Å². The number of ether oxygens (including phenoxy) is 4. The van der Waals surface area contributed by atoms with Gasteiger partial charge in [-0.05, 0) is 207 Å². The van der Waals surface area contributed by atoms with Gasteiger partial charge in [0.25, 0.3) is 0 Å². The second-order valence-corrected chi connectivity index (χ2v) is 22.1. The van der Waals surface area contributed by atoms with Gasteiger partial charge in [0.05, 0.1) is 82.8 Å². The van der Waals surface area contributed by atoms with E-state index < -0.39 is 0 Å². The lowest BCUT2D eigenvalue weighted by molar-refractivity contribution is 0.0517. The van der Waals surface area contributed by atoms with Gasteiger partial charge in [0.15, 0.2) is 0 Å². The Bertz CT molecular complexity index is 2520. The van der Waals surface area contributed by atoms with E-state index in [-0.39, 0.29) is 23.9 Å². The molecule has 4 fully saturated rings. The van der Waals surface area contributed by atoms with Crippen molar-refractivity contribution >= 4 is 63.7 Å². The third-order valence-electron chi connectivity index (χ3n) is 15.0. The number of nitrogens with two attached hydrogens (primary N) is 4. The minimum atomic E-state index is -0.327. The summed E-state index contributed by atoms with van der Waals surface area (Å²) in [6.45, 7) is 18.0. The van der Waals surface area contributed by atoms with Gasteiger partial charge in [-0.3, -0.25) is 0 Å². The zero-order chi connectivity index (χ0) is 56.1. The number of rotatable bonds is 16. The second-order valence-electron chi connectivity index (χ2n) is 22.1. The van der Waals surface area contributed by atoms with Gasteiger partial charge in [-0.15, -0.1) is 0 Å². The summed E-state index contributed by atoms with van der Waals surface area (Å²) >= 11 is 0. The fraction of sp³-hybridized carbons (Fsp3) is 0.548. The molecule has 0 amide bonds. The standard InChI is InChI=1S/C20H31NO2.C16H24N2O2.C14H20N2O2.C12H16N2O2/c1-5-23-19(22)16-9-8-15(18(21)13-16)12-14-6-10-17(11-7-14)20(2,3)4;1-3-20-16(19)12-6-9-15(14(17)10-12)18-13-7-4-11(2)5-8-13;1-2-18-14(17)10-7-8-13(12(15)9-10)16-11-5-3-4-6-11;1-2-16-12(15)8-3-6-11(10(13)7-8)14-9-4-5-9/h8-9,13-14,17H,5-7,10-12,21H2,1-4H3;6,9-11,13,18H,3-5,7-8,17H2,1-2H3;7-9,11,16H,2-6,15H2,1H3;3,6-7,9,14H,2,4-5,13H2,1H3. The van der Waals surface area contributed by atoms with E-state index in [4.69, 9.17) is 41.9 Å². The first-order chi connectivity index (χ1) is 36.8. The fourth-order valence-electron chi connectivity index (χ4n) is 10.1. The first-order valence-corrected chi connectivity index (χ1v) is 28.4. The molecule has 0 aliphatic heterocycles. The molecule has 0 unspecified atom stereocenters. The molecule has 4 aliphatic carbocycles. The molecule has 8 rings (SSSR count). The van der Waals surface area contributed by atoms with Crippen LogP contribution < -0.4 is 38.9 Å². The Morgan fingerprint density at radius 2 is 0.779 bits per heavy atom. The van der Waals surface area contributed by atoms with Crippen LogP contribution in [0.2, 0.25) is 0 Å². The maximum atomic E-state index is 11.8. The molecule has 4 saturated carbocycles. The molecule has 4 aliphatic rings. The van der Waals surface area contributed by atoms with Crippen LogP contribution in [0.1, 0.15) is 192 Å². The molecule has 0 atom stereocenters. The summed E-state index contributed by atoms with van der Waals surface area (Å²) in [5.74, 6) is 1.11. The van der Waals surface area contributed by atoms with Gasteiger partial charge in [-0.2, -0.15) is 0 Å². The number of carbonyl (C=O) groups excluding carboxylic acids is 4. The van der Waals surface area contributed by atoms with Crippen LogP contribution in [0, 0.1) is 23.2 Å². The average molecular weight is 1060 g/mol. The molecule has 0 radical (unpaired) electrons.